The minimum atomic E-state index is -0.263. The second-order valence-corrected chi connectivity index (χ2v) is 3.92. The lowest BCUT2D eigenvalue weighted by Crippen LogP contribution is -2.29. The lowest BCUT2D eigenvalue weighted by atomic mass is 10.3. The number of pyridine rings is 1. The van der Waals surface area contributed by atoms with Gasteiger partial charge in [-0.1, -0.05) is 25.3 Å². The first-order valence-corrected chi connectivity index (χ1v) is 6.38. The van der Waals surface area contributed by atoms with Crippen LogP contribution < -0.4 is 10.6 Å². The Kier molecular flexibility index (Phi) is 7.06. The zero-order chi connectivity index (χ0) is 13.9. The van der Waals surface area contributed by atoms with Gasteiger partial charge in [-0.15, -0.1) is 0 Å². The molecule has 0 spiro atoms. The number of aliphatic hydroxyl groups is 1. The van der Waals surface area contributed by atoms with Gasteiger partial charge in [-0.05, 0) is 24.5 Å². The first-order chi connectivity index (χ1) is 9.26. The number of aliphatic hydroxyl groups excluding tert-OH is 1. The van der Waals surface area contributed by atoms with Crippen molar-refractivity contribution in [2.75, 3.05) is 18.5 Å². The van der Waals surface area contributed by atoms with E-state index >= 15 is 0 Å². The van der Waals surface area contributed by atoms with Gasteiger partial charge < -0.3 is 10.4 Å². The van der Waals surface area contributed by atoms with Crippen LogP contribution in [0.4, 0.5) is 10.6 Å². The van der Waals surface area contributed by atoms with Crippen LogP contribution in [-0.4, -0.2) is 29.3 Å². The summed E-state index contributed by atoms with van der Waals surface area (Å²) in [5.41, 5.74) is 0.569. The van der Waals surface area contributed by atoms with Crippen molar-refractivity contribution >= 4 is 11.8 Å². The molecule has 0 radical (unpaired) electrons. The minimum Gasteiger partial charge on any atom is -0.395 e. The quantitative estimate of drug-likeness (QED) is 0.558. The third-order valence-corrected chi connectivity index (χ3v) is 2.26. The molecule has 5 nitrogen and oxygen atoms in total. The number of carbonyl (C=O) groups excluding carboxylic acids is 1. The smallest absolute Gasteiger partial charge is 0.320 e. The van der Waals surface area contributed by atoms with E-state index in [9.17, 15) is 4.79 Å². The molecule has 0 fully saturated rings. The van der Waals surface area contributed by atoms with Gasteiger partial charge in [-0.3, -0.25) is 5.32 Å². The fraction of sp³-hybridized carbons (Fsp3) is 0.429. The van der Waals surface area contributed by atoms with E-state index in [1.807, 2.05) is 0 Å². The van der Waals surface area contributed by atoms with E-state index in [1.165, 1.54) is 0 Å². The van der Waals surface area contributed by atoms with E-state index in [0.717, 1.165) is 12.8 Å². The van der Waals surface area contributed by atoms with Crippen molar-refractivity contribution < 1.29 is 9.90 Å². The molecule has 2 amide bonds. The standard InChI is InChI=1S/C14H19N3O2/c1-2-3-10-15-14(19)17-13-9-6-8-12(16-13)7-4-5-11-18/h6,8-9,18H,2-3,5,10-11H2,1H3,(H2,15,16,17,19). The Morgan fingerprint density at radius 2 is 2.32 bits per heavy atom. The number of nitrogens with zero attached hydrogens (tertiary/aromatic N) is 1. The van der Waals surface area contributed by atoms with Crippen LogP contribution in [0.25, 0.3) is 0 Å². The summed E-state index contributed by atoms with van der Waals surface area (Å²) in [6, 6.07) is 4.97. The first-order valence-electron chi connectivity index (χ1n) is 6.38. The molecule has 0 aliphatic carbocycles. The van der Waals surface area contributed by atoms with Gasteiger partial charge in [0.1, 0.15) is 11.5 Å². The summed E-state index contributed by atoms with van der Waals surface area (Å²) in [4.78, 5) is 15.7. The molecule has 0 aliphatic heterocycles. The number of anilines is 1. The second kappa shape index (κ2) is 8.95. The molecule has 1 aromatic heterocycles. The normalized spacial score (nSPS) is 9.37. The Balaban J connectivity index is 2.52. The van der Waals surface area contributed by atoms with Gasteiger partial charge in [0.05, 0.1) is 6.61 Å². The zero-order valence-corrected chi connectivity index (χ0v) is 11.1. The van der Waals surface area contributed by atoms with Gasteiger partial charge in [0, 0.05) is 13.0 Å². The molecule has 1 aromatic rings. The lowest BCUT2D eigenvalue weighted by Gasteiger charge is -2.06. The van der Waals surface area contributed by atoms with Crippen LogP contribution in [0.5, 0.6) is 0 Å². The number of amides is 2. The third-order valence-electron chi connectivity index (χ3n) is 2.26. The summed E-state index contributed by atoms with van der Waals surface area (Å²) in [5.74, 6) is 6.06. The Bertz CT molecular complexity index is 463. The molecule has 102 valence electrons. The number of rotatable bonds is 5. The highest BCUT2D eigenvalue weighted by Crippen LogP contribution is 2.03. The molecule has 3 N–H and O–H groups in total. The van der Waals surface area contributed by atoms with Gasteiger partial charge in [0.15, 0.2) is 0 Å². The number of unbranched alkanes of at least 4 members (excludes halogenated alkanes) is 1. The SMILES string of the molecule is CCCCNC(=O)Nc1cccc(C#CCCO)n1. The highest BCUT2D eigenvalue weighted by Gasteiger charge is 2.01. The van der Waals surface area contributed by atoms with Gasteiger partial charge in [0.2, 0.25) is 0 Å². The van der Waals surface area contributed by atoms with Crippen molar-refractivity contribution in [3.05, 3.63) is 23.9 Å². The van der Waals surface area contributed by atoms with Gasteiger partial charge in [-0.25, -0.2) is 9.78 Å². The van der Waals surface area contributed by atoms with Gasteiger partial charge >= 0.3 is 6.03 Å². The summed E-state index contributed by atoms with van der Waals surface area (Å²) in [5, 5.41) is 14.0. The number of urea groups is 1. The molecule has 19 heavy (non-hydrogen) atoms. The van der Waals surface area contributed by atoms with E-state index in [0.29, 0.717) is 24.5 Å². The van der Waals surface area contributed by atoms with Crippen LogP contribution in [0.1, 0.15) is 31.9 Å². The average Bonchev–Trinajstić information content (AvgIpc) is 2.40. The fourth-order valence-electron chi connectivity index (χ4n) is 1.32. The van der Waals surface area contributed by atoms with Crippen LogP contribution in [-0.2, 0) is 0 Å². The van der Waals surface area contributed by atoms with E-state index in [4.69, 9.17) is 5.11 Å². The highest BCUT2D eigenvalue weighted by molar-refractivity contribution is 5.88. The maximum atomic E-state index is 11.5. The maximum absolute atomic E-state index is 11.5. The van der Waals surface area contributed by atoms with Crippen molar-refractivity contribution in [3.63, 3.8) is 0 Å². The first kappa shape index (κ1) is 15.0. The number of carbonyl (C=O) groups is 1. The Hall–Kier alpha value is -2.06. The van der Waals surface area contributed by atoms with Crippen molar-refractivity contribution in [1.82, 2.24) is 10.3 Å². The largest absolute Gasteiger partial charge is 0.395 e. The predicted molar refractivity (Wildman–Crippen MR) is 74.7 cm³/mol. The summed E-state index contributed by atoms with van der Waals surface area (Å²) in [6.45, 7) is 2.75. The molecule has 0 aliphatic rings. The Morgan fingerprint density at radius 1 is 1.47 bits per heavy atom. The number of hydrogen-bond donors (Lipinski definition) is 3. The molecule has 1 rings (SSSR count). The number of aromatic nitrogens is 1. The lowest BCUT2D eigenvalue weighted by molar-refractivity contribution is 0.252. The highest BCUT2D eigenvalue weighted by atomic mass is 16.2. The molecule has 0 saturated heterocycles. The van der Waals surface area contributed by atoms with Crippen molar-refractivity contribution in [2.45, 2.75) is 26.2 Å². The summed E-state index contributed by atoms with van der Waals surface area (Å²) in [6.07, 6.45) is 2.40. The van der Waals surface area contributed by atoms with Crippen LogP contribution in [0.3, 0.4) is 0 Å². The number of nitrogens with one attached hydrogen (secondary N) is 2. The van der Waals surface area contributed by atoms with Crippen LogP contribution in [0.15, 0.2) is 18.2 Å². The average molecular weight is 261 g/mol. The Labute approximate surface area is 113 Å². The topological polar surface area (TPSA) is 74.2 Å². The fourth-order valence-corrected chi connectivity index (χ4v) is 1.32. The van der Waals surface area contributed by atoms with Crippen LogP contribution >= 0.6 is 0 Å². The summed E-state index contributed by atoms with van der Waals surface area (Å²) < 4.78 is 0. The molecule has 0 bridgehead atoms. The summed E-state index contributed by atoms with van der Waals surface area (Å²) in [7, 11) is 0. The molecular weight excluding hydrogens is 242 g/mol. The van der Waals surface area contributed by atoms with Crippen LogP contribution in [0.2, 0.25) is 0 Å². The van der Waals surface area contributed by atoms with Crippen molar-refractivity contribution in [3.8, 4) is 11.8 Å². The molecule has 0 unspecified atom stereocenters. The summed E-state index contributed by atoms with van der Waals surface area (Å²) >= 11 is 0. The second-order valence-electron chi connectivity index (χ2n) is 3.92. The molecule has 0 saturated carbocycles. The molecule has 1 heterocycles. The predicted octanol–water partition coefficient (Wildman–Crippen LogP) is 1.74. The Morgan fingerprint density at radius 3 is 3.05 bits per heavy atom. The third kappa shape index (κ3) is 6.43. The van der Waals surface area contributed by atoms with E-state index < -0.39 is 0 Å². The van der Waals surface area contributed by atoms with Crippen LogP contribution in [0, 0.1) is 11.8 Å². The molecule has 5 heteroatoms. The monoisotopic (exact) mass is 261 g/mol. The van der Waals surface area contributed by atoms with Gasteiger partial charge in [-0.2, -0.15) is 0 Å². The van der Waals surface area contributed by atoms with Crippen molar-refractivity contribution in [2.24, 2.45) is 0 Å². The van der Waals surface area contributed by atoms with Gasteiger partial charge in [0.25, 0.3) is 0 Å². The van der Waals surface area contributed by atoms with E-state index in [-0.39, 0.29) is 12.6 Å². The molecule has 0 atom stereocenters. The molecule has 0 aromatic carbocycles. The van der Waals surface area contributed by atoms with E-state index in [1.54, 1.807) is 18.2 Å². The number of hydrogen-bond acceptors (Lipinski definition) is 3. The minimum absolute atomic E-state index is 0.0325. The van der Waals surface area contributed by atoms with Crippen molar-refractivity contribution in [1.29, 1.82) is 0 Å². The molecular formula is C14H19N3O2. The maximum Gasteiger partial charge on any atom is 0.320 e. The zero-order valence-electron chi connectivity index (χ0n) is 11.1. The van der Waals surface area contributed by atoms with E-state index in [2.05, 4.69) is 34.4 Å².